The van der Waals surface area contributed by atoms with Gasteiger partial charge in [0, 0.05) is 4.43 Å². The molecule has 0 aliphatic heterocycles. The quantitative estimate of drug-likeness (QED) is 0.466. The van der Waals surface area contributed by atoms with E-state index in [1.165, 1.54) is 0 Å². The van der Waals surface area contributed by atoms with E-state index in [0.29, 0.717) is 13.0 Å². The van der Waals surface area contributed by atoms with Gasteiger partial charge >= 0.3 is 12.1 Å². The molecule has 0 aromatic carbocycles. The van der Waals surface area contributed by atoms with Gasteiger partial charge in [0.05, 0.1) is 6.61 Å². The fourth-order valence-electron chi connectivity index (χ4n) is 1.05. The highest BCUT2D eigenvalue weighted by Gasteiger charge is 2.24. The van der Waals surface area contributed by atoms with Crippen LogP contribution in [-0.4, -0.2) is 34.7 Å². The SMILES string of the molecule is CCOC(=O)C(CCI)NC(=O)OC(C)(C)C. The van der Waals surface area contributed by atoms with Gasteiger partial charge in [0.1, 0.15) is 11.6 Å². The molecule has 0 aromatic rings. The van der Waals surface area contributed by atoms with E-state index < -0.39 is 23.7 Å². The molecule has 0 saturated heterocycles. The summed E-state index contributed by atoms with van der Waals surface area (Å²) in [5, 5.41) is 2.52. The van der Waals surface area contributed by atoms with E-state index in [2.05, 4.69) is 27.9 Å². The Balaban J connectivity index is 4.34. The zero-order valence-electron chi connectivity index (χ0n) is 10.7. The normalized spacial score (nSPS) is 12.8. The zero-order valence-corrected chi connectivity index (χ0v) is 12.9. The third-order valence-electron chi connectivity index (χ3n) is 1.66. The fraction of sp³-hybridized carbons (Fsp3) is 0.818. The maximum Gasteiger partial charge on any atom is 0.408 e. The Kier molecular flexibility index (Phi) is 7.49. The first kappa shape index (κ1) is 16.5. The highest BCUT2D eigenvalue weighted by atomic mass is 127. The lowest BCUT2D eigenvalue weighted by Crippen LogP contribution is -2.44. The van der Waals surface area contributed by atoms with Gasteiger partial charge < -0.3 is 14.8 Å². The number of carbonyl (C=O) groups is 2. The van der Waals surface area contributed by atoms with Crippen LogP contribution in [0.5, 0.6) is 0 Å². The number of carbonyl (C=O) groups excluding carboxylic acids is 2. The summed E-state index contributed by atoms with van der Waals surface area (Å²) >= 11 is 2.14. The molecule has 0 aliphatic carbocycles. The molecule has 0 bridgehead atoms. The Bertz CT molecular complexity index is 263. The second kappa shape index (κ2) is 7.73. The van der Waals surface area contributed by atoms with E-state index in [1.807, 2.05) is 0 Å². The molecule has 0 radical (unpaired) electrons. The maximum absolute atomic E-state index is 11.5. The van der Waals surface area contributed by atoms with Crippen LogP contribution in [0.1, 0.15) is 34.1 Å². The van der Waals surface area contributed by atoms with Gasteiger partial charge in [-0.25, -0.2) is 9.59 Å². The van der Waals surface area contributed by atoms with E-state index in [9.17, 15) is 9.59 Å². The molecule has 0 fully saturated rings. The molecule has 0 aliphatic rings. The van der Waals surface area contributed by atoms with Crippen molar-refractivity contribution in [2.45, 2.75) is 45.8 Å². The van der Waals surface area contributed by atoms with E-state index >= 15 is 0 Å². The average Bonchev–Trinajstić information content (AvgIpc) is 2.14. The van der Waals surface area contributed by atoms with Gasteiger partial charge in [0.15, 0.2) is 0 Å². The highest BCUT2D eigenvalue weighted by molar-refractivity contribution is 14.1. The Morgan fingerprint density at radius 2 is 1.94 bits per heavy atom. The smallest absolute Gasteiger partial charge is 0.408 e. The van der Waals surface area contributed by atoms with Crippen molar-refractivity contribution in [3.05, 3.63) is 0 Å². The first-order valence-electron chi connectivity index (χ1n) is 5.52. The molecule has 0 heterocycles. The number of ether oxygens (including phenoxy) is 2. The standard InChI is InChI=1S/C11H20INO4/c1-5-16-9(14)8(6-7-12)13-10(15)17-11(2,3)4/h8H,5-7H2,1-4H3,(H,13,15). The summed E-state index contributed by atoms with van der Waals surface area (Å²) in [4.78, 5) is 23.0. The van der Waals surface area contributed by atoms with Crippen molar-refractivity contribution < 1.29 is 19.1 Å². The lowest BCUT2D eigenvalue weighted by molar-refractivity contribution is -0.145. The summed E-state index contributed by atoms with van der Waals surface area (Å²) in [5.41, 5.74) is -0.576. The lowest BCUT2D eigenvalue weighted by Gasteiger charge is -2.22. The molecule has 0 aromatic heterocycles. The predicted molar refractivity (Wildman–Crippen MR) is 73.3 cm³/mol. The summed E-state index contributed by atoms with van der Waals surface area (Å²) in [6, 6.07) is -0.637. The molecule has 0 spiro atoms. The van der Waals surface area contributed by atoms with E-state index in [4.69, 9.17) is 9.47 Å². The minimum Gasteiger partial charge on any atom is -0.464 e. The summed E-state index contributed by atoms with van der Waals surface area (Å²) in [5.74, 6) is -0.421. The monoisotopic (exact) mass is 357 g/mol. The molecular weight excluding hydrogens is 337 g/mol. The number of rotatable bonds is 5. The van der Waals surface area contributed by atoms with Gasteiger partial charge in [-0.1, -0.05) is 22.6 Å². The summed E-state index contributed by atoms with van der Waals surface area (Å²) in [7, 11) is 0. The summed E-state index contributed by atoms with van der Waals surface area (Å²) in [6.07, 6.45) is -0.0704. The molecular formula is C11H20INO4. The van der Waals surface area contributed by atoms with Gasteiger partial charge in [0.2, 0.25) is 0 Å². The number of nitrogens with one attached hydrogen (secondary N) is 1. The Morgan fingerprint density at radius 1 is 1.35 bits per heavy atom. The van der Waals surface area contributed by atoms with Gasteiger partial charge in [-0.05, 0) is 34.1 Å². The topological polar surface area (TPSA) is 64.6 Å². The highest BCUT2D eigenvalue weighted by Crippen LogP contribution is 2.08. The number of esters is 1. The number of hydrogen-bond acceptors (Lipinski definition) is 4. The van der Waals surface area contributed by atoms with Crippen LogP contribution in [0.15, 0.2) is 0 Å². The largest absolute Gasteiger partial charge is 0.464 e. The predicted octanol–water partition coefficient (Wildman–Crippen LogP) is 2.27. The van der Waals surface area contributed by atoms with Gasteiger partial charge in [-0.2, -0.15) is 0 Å². The van der Waals surface area contributed by atoms with Gasteiger partial charge in [0.25, 0.3) is 0 Å². The number of amides is 1. The number of alkyl halides is 1. The van der Waals surface area contributed by atoms with Gasteiger partial charge in [-0.15, -0.1) is 0 Å². The van der Waals surface area contributed by atoms with Crippen LogP contribution in [0.25, 0.3) is 0 Å². The molecule has 1 amide bonds. The lowest BCUT2D eigenvalue weighted by atomic mass is 10.2. The van der Waals surface area contributed by atoms with Crippen LogP contribution >= 0.6 is 22.6 Å². The van der Waals surface area contributed by atoms with E-state index in [-0.39, 0.29) is 0 Å². The Morgan fingerprint density at radius 3 is 2.35 bits per heavy atom. The number of hydrogen-bond donors (Lipinski definition) is 1. The van der Waals surface area contributed by atoms with Crippen LogP contribution < -0.4 is 5.32 Å². The molecule has 1 atom stereocenters. The first-order valence-corrected chi connectivity index (χ1v) is 7.04. The van der Waals surface area contributed by atoms with Crippen molar-refractivity contribution in [1.29, 1.82) is 0 Å². The molecule has 1 unspecified atom stereocenters. The molecule has 1 N–H and O–H groups in total. The molecule has 6 heteroatoms. The minimum absolute atomic E-state index is 0.298. The van der Waals surface area contributed by atoms with Gasteiger partial charge in [-0.3, -0.25) is 0 Å². The van der Waals surface area contributed by atoms with Crippen molar-refractivity contribution in [3.63, 3.8) is 0 Å². The van der Waals surface area contributed by atoms with Crippen LogP contribution in [0.4, 0.5) is 4.79 Å². The van der Waals surface area contributed by atoms with Crippen LogP contribution in [0, 0.1) is 0 Å². The molecule has 0 saturated carbocycles. The zero-order chi connectivity index (χ0) is 13.5. The summed E-state index contributed by atoms with van der Waals surface area (Å²) < 4.78 is 10.7. The third kappa shape index (κ3) is 8.23. The first-order chi connectivity index (χ1) is 7.80. The molecule has 100 valence electrons. The van der Waals surface area contributed by atoms with Crippen molar-refractivity contribution >= 4 is 34.7 Å². The third-order valence-corrected chi connectivity index (χ3v) is 2.28. The number of halogens is 1. The average molecular weight is 357 g/mol. The number of alkyl carbamates (subject to hydrolysis) is 1. The summed E-state index contributed by atoms with van der Waals surface area (Å²) in [6.45, 7) is 7.33. The van der Waals surface area contributed by atoms with Crippen molar-refractivity contribution in [1.82, 2.24) is 5.32 Å². The van der Waals surface area contributed by atoms with E-state index in [0.717, 1.165) is 4.43 Å². The molecule has 5 nitrogen and oxygen atoms in total. The fourth-order valence-corrected chi connectivity index (χ4v) is 1.67. The van der Waals surface area contributed by atoms with Crippen molar-refractivity contribution in [3.8, 4) is 0 Å². The van der Waals surface area contributed by atoms with Crippen molar-refractivity contribution in [2.24, 2.45) is 0 Å². The second-order valence-corrected chi connectivity index (χ2v) is 5.51. The van der Waals surface area contributed by atoms with E-state index in [1.54, 1.807) is 27.7 Å². The maximum atomic E-state index is 11.5. The Labute approximate surface area is 116 Å². The minimum atomic E-state index is -0.637. The molecule has 17 heavy (non-hydrogen) atoms. The van der Waals surface area contributed by atoms with Crippen molar-refractivity contribution in [2.75, 3.05) is 11.0 Å². The van der Waals surface area contributed by atoms with Crippen LogP contribution in [0.3, 0.4) is 0 Å². The van der Waals surface area contributed by atoms with Crippen LogP contribution in [0.2, 0.25) is 0 Å². The molecule has 0 rings (SSSR count). The van der Waals surface area contributed by atoms with Crippen LogP contribution in [-0.2, 0) is 14.3 Å². The Hall–Kier alpha value is -0.530. The second-order valence-electron chi connectivity index (χ2n) is 4.43.